The van der Waals surface area contributed by atoms with Gasteiger partial charge in [0.15, 0.2) is 0 Å². The molecule has 2 nitrogen and oxygen atoms in total. The summed E-state index contributed by atoms with van der Waals surface area (Å²) >= 11 is 0. The maximum Gasteiger partial charge on any atom is 0.305 e. The summed E-state index contributed by atoms with van der Waals surface area (Å²) in [4.78, 5) is 11.1. The molecule has 1 atom stereocenters. The molecule has 80 valence electrons. The minimum Gasteiger partial charge on any atom is -0.469 e. The molecule has 0 bridgehead atoms. The summed E-state index contributed by atoms with van der Waals surface area (Å²) in [6.07, 6.45) is 6.22. The highest BCUT2D eigenvalue weighted by molar-refractivity contribution is 5.69. The van der Waals surface area contributed by atoms with Crippen LogP contribution in [-0.4, -0.2) is 13.1 Å². The van der Waals surface area contributed by atoms with Gasteiger partial charge in [-0.05, 0) is 31.1 Å². The van der Waals surface area contributed by atoms with Crippen molar-refractivity contribution in [2.75, 3.05) is 7.11 Å². The summed E-state index contributed by atoms with van der Waals surface area (Å²) in [5, 5.41) is 0. The molecule has 0 saturated heterocycles. The van der Waals surface area contributed by atoms with Gasteiger partial charge in [-0.3, -0.25) is 4.79 Å². The summed E-state index contributed by atoms with van der Waals surface area (Å²) in [5.41, 5.74) is 1.49. The van der Waals surface area contributed by atoms with Gasteiger partial charge >= 0.3 is 5.97 Å². The Hall–Kier alpha value is -0.790. The quantitative estimate of drug-likeness (QED) is 0.512. The van der Waals surface area contributed by atoms with Gasteiger partial charge in [-0.25, -0.2) is 0 Å². The molecular formula is C12H20O2. The first-order chi connectivity index (χ1) is 6.58. The molecule has 0 aromatic rings. The maximum absolute atomic E-state index is 11.1. The van der Waals surface area contributed by atoms with E-state index in [1.165, 1.54) is 31.9 Å². The minimum atomic E-state index is -0.107. The zero-order chi connectivity index (χ0) is 10.6. The number of rotatable bonds is 3. The Balaban J connectivity index is 2.47. The van der Waals surface area contributed by atoms with Gasteiger partial charge in [0, 0.05) is 6.42 Å². The number of hydrogen-bond acceptors (Lipinski definition) is 2. The summed E-state index contributed by atoms with van der Waals surface area (Å²) in [6, 6.07) is 0. The third kappa shape index (κ3) is 2.60. The van der Waals surface area contributed by atoms with Gasteiger partial charge < -0.3 is 4.74 Å². The highest BCUT2D eigenvalue weighted by Gasteiger charge is 2.30. The molecule has 1 rings (SSSR count). The first kappa shape index (κ1) is 11.3. The molecule has 0 N–H and O–H groups in total. The average molecular weight is 196 g/mol. The van der Waals surface area contributed by atoms with Crippen molar-refractivity contribution in [1.82, 2.24) is 0 Å². The number of methoxy groups -OCH3 is 1. The molecule has 0 spiro atoms. The van der Waals surface area contributed by atoms with Crippen LogP contribution in [0, 0.1) is 5.41 Å². The lowest BCUT2D eigenvalue weighted by atomic mass is 9.70. The van der Waals surface area contributed by atoms with Crippen LogP contribution in [0.5, 0.6) is 0 Å². The predicted molar refractivity (Wildman–Crippen MR) is 57.0 cm³/mol. The van der Waals surface area contributed by atoms with E-state index >= 15 is 0 Å². The average Bonchev–Trinajstić information content (AvgIpc) is 2.19. The molecule has 0 amide bonds. The second kappa shape index (κ2) is 4.63. The molecule has 0 radical (unpaired) electrons. The van der Waals surface area contributed by atoms with E-state index in [0.29, 0.717) is 6.42 Å². The lowest BCUT2D eigenvalue weighted by molar-refractivity contribution is -0.141. The second-order valence-electron chi connectivity index (χ2n) is 4.45. The monoisotopic (exact) mass is 196 g/mol. The van der Waals surface area contributed by atoms with E-state index in [1.54, 1.807) is 0 Å². The van der Waals surface area contributed by atoms with Crippen molar-refractivity contribution in [3.05, 3.63) is 12.2 Å². The third-order valence-electron chi connectivity index (χ3n) is 3.42. The summed E-state index contributed by atoms with van der Waals surface area (Å²) in [6.45, 7) is 6.34. The molecule has 1 saturated carbocycles. The Morgan fingerprint density at radius 2 is 2.29 bits per heavy atom. The van der Waals surface area contributed by atoms with E-state index in [4.69, 9.17) is 0 Å². The number of esters is 1. The fourth-order valence-electron chi connectivity index (χ4n) is 2.11. The normalized spacial score (nSPS) is 27.4. The van der Waals surface area contributed by atoms with Crippen molar-refractivity contribution >= 4 is 5.97 Å². The first-order valence-electron chi connectivity index (χ1n) is 5.33. The van der Waals surface area contributed by atoms with Gasteiger partial charge in [0.1, 0.15) is 0 Å². The molecule has 1 fully saturated rings. The Morgan fingerprint density at radius 3 is 2.86 bits per heavy atom. The Morgan fingerprint density at radius 1 is 1.57 bits per heavy atom. The van der Waals surface area contributed by atoms with E-state index in [2.05, 4.69) is 18.2 Å². The molecule has 2 heteroatoms. The van der Waals surface area contributed by atoms with Crippen LogP contribution in [0.15, 0.2) is 12.2 Å². The zero-order valence-corrected chi connectivity index (χ0v) is 9.27. The highest BCUT2D eigenvalue weighted by atomic mass is 16.5. The fraction of sp³-hybridized carbons (Fsp3) is 0.750. The smallest absolute Gasteiger partial charge is 0.305 e. The summed E-state index contributed by atoms with van der Waals surface area (Å²) < 4.78 is 4.65. The van der Waals surface area contributed by atoms with E-state index in [1.807, 2.05) is 0 Å². The summed E-state index contributed by atoms with van der Waals surface area (Å²) in [7, 11) is 1.44. The first-order valence-corrected chi connectivity index (χ1v) is 5.33. The molecular weight excluding hydrogens is 176 g/mol. The number of carbonyl (C=O) groups excluding carboxylic acids is 1. The van der Waals surface area contributed by atoms with Crippen LogP contribution >= 0.6 is 0 Å². The lowest BCUT2D eigenvalue weighted by Crippen LogP contribution is -2.23. The van der Waals surface area contributed by atoms with Crippen molar-refractivity contribution in [1.29, 1.82) is 0 Å². The van der Waals surface area contributed by atoms with E-state index < -0.39 is 0 Å². The predicted octanol–water partition coefficient (Wildman–Crippen LogP) is 3.08. The van der Waals surface area contributed by atoms with Gasteiger partial charge in [-0.15, -0.1) is 0 Å². The van der Waals surface area contributed by atoms with Gasteiger partial charge in [0.25, 0.3) is 0 Å². The molecule has 0 aromatic carbocycles. The van der Waals surface area contributed by atoms with Crippen LogP contribution in [0.25, 0.3) is 0 Å². The van der Waals surface area contributed by atoms with Crippen LogP contribution < -0.4 is 0 Å². The van der Waals surface area contributed by atoms with Gasteiger partial charge in [0.2, 0.25) is 0 Å². The van der Waals surface area contributed by atoms with Gasteiger partial charge in [-0.1, -0.05) is 25.5 Å². The number of allylic oxidation sites excluding steroid dienone is 1. The number of carbonyl (C=O) groups is 1. The van der Waals surface area contributed by atoms with Crippen LogP contribution in [-0.2, 0) is 9.53 Å². The molecule has 14 heavy (non-hydrogen) atoms. The standard InChI is InChI=1S/C12H20O2/c1-10-6-4-5-8-12(10,2)9-7-11(13)14-3/h1,4-9H2,2-3H3/t12-/m1/s1. The van der Waals surface area contributed by atoms with Crippen LogP contribution in [0.2, 0.25) is 0 Å². The second-order valence-corrected chi connectivity index (χ2v) is 4.45. The minimum absolute atomic E-state index is 0.107. The van der Waals surface area contributed by atoms with E-state index in [9.17, 15) is 4.79 Å². The van der Waals surface area contributed by atoms with Crippen LogP contribution in [0.1, 0.15) is 45.4 Å². The largest absolute Gasteiger partial charge is 0.469 e. The van der Waals surface area contributed by atoms with Crippen molar-refractivity contribution in [2.45, 2.75) is 45.4 Å². The van der Waals surface area contributed by atoms with Gasteiger partial charge in [-0.2, -0.15) is 0 Å². The molecule has 0 unspecified atom stereocenters. The summed E-state index contributed by atoms with van der Waals surface area (Å²) in [5.74, 6) is -0.107. The maximum atomic E-state index is 11.1. The topological polar surface area (TPSA) is 26.3 Å². The van der Waals surface area contributed by atoms with E-state index in [0.717, 1.165) is 12.8 Å². The van der Waals surface area contributed by atoms with Crippen molar-refractivity contribution < 1.29 is 9.53 Å². The molecule has 1 aliphatic rings. The zero-order valence-electron chi connectivity index (χ0n) is 9.27. The van der Waals surface area contributed by atoms with E-state index in [-0.39, 0.29) is 11.4 Å². The SMILES string of the molecule is C=C1CCCC[C@]1(C)CCC(=O)OC. The highest BCUT2D eigenvalue weighted by Crippen LogP contribution is 2.42. The van der Waals surface area contributed by atoms with Crippen molar-refractivity contribution in [3.8, 4) is 0 Å². The number of hydrogen-bond donors (Lipinski definition) is 0. The molecule has 1 aliphatic carbocycles. The lowest BCUT2D eigenvalue weighted by Gasteiger charge is -2.35. The molecule has 0 heterocycles. The Kier molecular flexibility index (Phi) is 3.73. The van der Waals surface area contributed by atoms with Crippen LogP contribution in [0.3, 0.4) is 0 Å². The van der Waals surface area contributed by atoms with Gasteiger partial charge in [0.05, 0.1) is 7.11 Å². The third-order valence-corrected chi connectivity index (χ3v) is 3.42. The van der Waals surface area contributed by atoms with Crippen LogP contribution in [0.4, 0.5) is 0 Å². The number of ether oxygens (including phenoxy) is 1. The Labute approximate surface area is 86.3 Å². The van der Waals surface area contributed by atoms with Crippen molar-refractivity contribution in [2.24, 2.45) is 5.41 Å². The fourth-order valence-corrected chi connectivity index (χ4v) is 2.11. The molecule has 0 aliphatic heterocycles. The van der Waals surface area contributed by atoms with Crippen molar-refractivity contribution in [3.63, 3.8) is 0 Å². The Bertz CT molecular complexity index is 232. The molecule has 0 aromatic heterocycles.